The van der Waals surface area contributed by atoms with Crippen LogP contribution >= 0.6 is 23.1 Å². The molecule has 2 aliphatic heterocycles. The molecule has 0 fully saturated rings. The number of carbonyl (C=O) groups excluding carboxylic acids is 2. The summed E-state index contributed by atoms with van der Waals surface area (Å²) in [7, 11) is 1.34. The van der Waals surface area contributed by atoms with Gasteiger partial charge in [-0.1, -0.05) is 50.2 Å². The first-order valence-corrected chi connectivity index (χ1v) is 13.0. The Morgan fingerprint density at radius 3 is 2.85 bits per heavy atom. The lowest BCUT2D eigenvalue weighted by atomic mass is 9.82. The van der Waals surface area contributed by atoms with E-state index in [9.17, 15) is 14.7 Å². The molecule has 1 amide bonds. The molecular weight excluding hydrogens is 476 g/mol. The molecule has 0 unspecified atom stereocenters. The average Bonchev–Trinajstić information content (AvgIpc) is 3.33. The molecule has 0 saturated heterocycles. The van der Waals surface area contributed by atoms with Gasteiger partial charge >= 0.3 is 5.97 Å². The Labute approximate surface area is 206 Å². The van der Waals surface area contributed by atoms with Gasteiger partial charge in [0.1, 0.15) is 23.0 Å². The first kappa shape index (κ1) is 24.7. The molecule has 0 aliphatic carbocycles. The van der Waals surface area contributed by atoms with Crippen LogP contribution in [0.25, 0.3) is 10.2 Å². The Bertz CT molecular complexity index is 1110. The van der Waals surface area contributed by atoms with E-state index in [1.54, 1.807) is 0 Å². The van der Waals surface area contributed by atoms with Gasteiger partial charge in [-0.25, -0.2) is 4.98 Å². The highest BCUT2D eigenvalue weighted by Crippen LogP contribution is 2.44. The number of thioether (sulfide) groups is 1. The molecule has 4 rings (SSSR count). The Balaban J connectivity index is 1.54. The van der Waals surface area contributed by atoms with E-state index in [1.165, 1.54) is 37.1 Å². The number of aliphatic hydroxyl groups is 1. The van der Waals surface area contributed by atoms with E-state index >= 15 is 0 Å². The van der Waals surface area contributed by atoms with Crippen LogP contribution < -0.4 is 0 Å². The first-order chi connectivity index (χ1) is 16.3. The van der Waals surface area contributed by atoms with Crippen molar-refractivity contribution in [1.29, 1.82) is 0 Å². The number of hydroxylamine groups is 2. The predicted octanol–water partition coefficient (Wildman–Crippen LogP) is 4.20. The number of ether oxygens (including phenoxy) is 2. The van der Waals surface area contributed by atoms with Gasteiger partial charge in [-0.15, -0.1) is 11.3 Å². The monoisotopic (exact) mass is 504 g/mol. The molecule has 0 saturated carbocycles. The number of nitrogens with zero attached hydrogens (tertiary/aromatic N) is 2. The summed E-state index contributed by atoms with van der Waals surface area (Å²) in [6, 6.07) is 7.74. The fraction of sp³-hybridized carbons (Fsp3) is 0.458. The molecule has 10 heteroatoms. The molecule has 1 N–H and O–H groups in total. The van der Waals surface area contributed by atoms with Crippen molar-refractivity contribution in [2.24, 2.45) is 0 Å². The molecule has 2 aliphatic rings. The molecular formula is C24H28N2O6S2. The Hall–Kier alpha value is -2.40. The van der Waals surface area contributed by atoms with Crippen molar-refractivity contribution in [1.82, 2.24) is 10.0 Å². The van der Waals surface area contributed by atoms with Crippen molar-refractivity contribution in [3.8, 4) is 0 Å². The number of esters is 1. The molecule has 182 valence electrons. The number of para-hydroxylation sites is 1. The van der Waals surface area contributed by atoms with E-state index in [0.717, 1.165) is 38.9 Å². The molecule has 0 spiro atoms. The molecule has 1 aromatic heterocycles. The van der Waals surface area contributed by atoms with E-state index in [0.29, 0.717) is 6.42 Å². The van der Waals surface area contributed by atoms with Gasteiger partial charge < -0.3 is 14.6 Å². The van der Waals surface area contributed by atoms with Crippen molar-refractivity contribution < 1.29 is 29.0 Å². The molecule has 3 atom stereocenters. The highest BCUT2D eigenvalue weighted by Gasteiger charge is 2.56. The fourth-order valence-corrected chi connectivity index (χ4v) is 6.01. The smallest absolute Gasteiger partial charge is 0.317 e. The largest absolute Gasteiger partial charge is 0.484 e. The van der Waals surface area contributed by atoms with Gasteiger partial charge in [0.05, 0.1) is 23.1 Å². The van der Waals surface area contributed by atoms with Crippen molar-refractivity contribution in [2.45, 2.75) is 61.7 Å². The van der Waals surface area contributed by atoms with E-state index in [1.807, 2.05) is 24.3 Å². The summed E-state index contributed by atoms with van der Waals surface area (Å²) in [6.07, 6.45) is 1.45. The minimum absolute atomic E-state index is 0.0144. The SMILES string of the molecule is C=C1C2=C(C(=O)N1OC)[C@H](OC(=O)CSc1nc3ccccc3s1)[C@](C)(O)[C@H](CCCCC)O2. The Kier molecular flexibility index (Phi) is 7.32. The molecule has 3 heterocycles. The highest BCUT2D eigenvalue weighted by atomic mass is 32.2. The maximum atomic E-state index is 13.0. The second-order valence-corrected chi connectivity index (χ2v) is 10.7. The van der Waals surface area contributed by atoms with Crippen molar-refractivity contribution in [3.63, 3.8) is 0 Å². The zero-order chi connectivity index (χ0) is 24.5. The molecule has 1 aromatic carbocycles. The topological polar surface area (TPSA) is 98.2 Å². The van der Waals surface area contributed by atoms with Gasteiger partial charge in [0.15, 0.2) is 16.2 Å². The van der Waals surface area contributed by atoms with Gasteiger partial charge in [0.2, 0.25) is 0 Å². The van der Waals surface area contributed by atoms with Crippen LogP contribution in [-0.2, 0) is 23.9 Å². The summed E-state index contributed by atoms with van der Waals surface area (Å²) in [5.74, 6) is -0.938. The standard InChI is InChI=1S/C24H28N2O6S2/c1-5-6-7-12-17-24(3,29)21(19-20(31-17)14(2)26(30-4)22(19)28)32-18(27)13-33-23-25-15-10-8-9-11-16(15)34-23/h8-11,17,21,29H,2,5-7,12-13H2,1,3-4H3/t17-,21-,24+/m0/s1. The van der Waals surface area contributed by atoms with E-state index in [-0.39, 0.29) is 22.8 Å². The third-order valence-electron chi connectivity index (χ3n) is 5.96. The van der Waals surface area contributed by atoms with E-state index in [2.05, 4.69) is 18.5 Å². The number of hydrogen-bond acceptors (Lipinski definition) is 9. The zero-order valence-corrected chi connectivity index (χ0v) is 21.0. The third-order valence-corrected chi connectivity index (χ3v) is 8.11. The molecule has 0 radical (unpaired) electrons. The third kappa shape index (κ3) is 4.59. The molecule has 2 aromatic rings. The number of amides is 1. The first-order valence-electron chi connectivity index (χ1n) is 11.2. The lowest BCUT2D eigenvalue weighted by Crippen LogP contribution is -2.56. The minimum atomic E-state index is -1.61. The van der Waals surface area contributed by atoms with Crippen LogP contribution in [0.1, 0.15) is 39.5 Å². The normalized spacial score (nSPS) is 24.5. The maximum Gasteiger partial charge on any atom is 0.317 e. The number of rotatable bonds is 9. The van der Waals surface area contributed by atoms with Crippen LogP contribution in [0, 0.1) is 0 Å². The van der Waals surface area contributed by atoms with Gasteiger partial charge in [0, 0.05) is 0 Å². The van der Waals surface area contributed by atoms with Gasteiger partial charge in [-0.05, 0) is 31.9 Å². The number of thiazole rings is 1. The molecule has 34 heavy (non-hydrogen) atoms. The Morgan fingerprint density at radius 2 is 2.15 bits per heavy atom. The summed E-state index contributed by atoms with van der Waals surface area (Å²) < 4.78 is 13.6. The van der Waals surface area contributed by atoms with Gasteiger partial charge in [-0.2, -0.15) is 5.06 Å². The summed E-state index contributed by atoms with van der Waals surface area (Å²) in [4.78, 5) is 35.5. The van der Waals surface area contributed by atoms with Crippen LogP contribution in [0.4, 0.5) is 0 Å². The predicted molar refractivity (Wildman–Crippen MR) is 130 cm³/mol. The number of hydrogen-bond donors (Lipinski definition) is 1. The number of aromatic nitrogens is 1. The number of unbranched alkanes of at least 4 members (excludes halogenated alkanes) is 2. The van der Waals surface area contributed by atoms with Gasteiger partial charge in [0.25, 0.3) is 5.91 Å². The Morgan fingerprint density at radius 1 is 1.38 bits per heavy atom. The van der Waals surface area contributed by atoms with Crippen LogP contribution in [0.3, 0.4) is 0 Å². The van der Waals surface area contributed by atoms with Crippen LogP contribution in [0.15, 0.2) is 52.2 Å². The van der Waals surface area contributed by atoms with Crippen molar-refractivity contribution >= 4 is 45.2 Å². The number of benzene rings is 1. The summed E-state index contributed by atoms with van der Waals surface area (Å²) >= 11 is 2.75. The lowest BCUT2D eigenvalue weighted by Gasteiger charge is -2.42. The van der Waals surface area contributed by atoms with Crippen molar-refractivity contribution in [2.75, 3.05) is 12.9 Å². The van der Waals surface area contributed by atoms with Crippen LogP contribution in [0.2, 0.25) is 0 Å². The highest BCUT2D eigenvalue weighted by molar-refractivity contribution is 8.01. The minimum Gasteiger partial charge on any atom is -0.484 e. The lowest BCUT2D eigenvalue weighted by molar-refractivity contribution is -0.181. The second-order valence-electron chi connectivity index (χ2n) is 8.41. The summed E-state index contributed by atoms with van der Waals surface area (Å²) in [5, 5.41) is 12.4. The van der Waals surface area contributed by atoms with E-state index < -0.39 is 29.7 Å². The fourth-order valence-electron chi connectivity index (χ4n) is 4.16. The quantitative estimate of drug-likeness (QED) is 0.308. The summed E-state index contributed by atoms with van der Waals surface area (Å²) in [6.45, 7) is 7.52. The van der Waals surface area contributed by atoms with E-state index in [4.69, 9.17) is 14.3 Å². The zero-order valence-electron chi connectivity index (χ0n) is 19.4. The second kappa shape index (κ2) is 10.1. The van der Waals surface area contributed by atoms with Crippen LogP contribution in [0.5, 0.6) is 0 Å². The molecule has 0 bridgehead atoms. The number of carbonyl (C=O) groups is 2. The molecule has 8 nitrogen and oxygen atoms in total. The van der Waals surface area contributed by atoms with Gasteiger partial charge in [-0.3, -0.25) is 14.4 Å². The maximum absolute atomic E-state index is 13.0. The van der Waals surface area contributed by atoms with Crippen molar-refractivity contribution in [3.05, 3.63) is 47.9 Å². The summed E-state index contributed by atoms with van der Waals surface area (Å²) in [5.41, 5.74) is -0.469. The number of fused-ring (bicyclic) bond motifs is 1. The van der Waals surface area contributed by atoms with Crippen LogP contribution in [-0.4, -0.2) is 57.7 Å². The average molecular weight is 505 g/mol.